The Morgan fingerprint density at radius 3 is 2.56 bits per heavy atom. The number of likely N-dealkylation sites (tertiary alicyclic amines) is 1. The summed E-state index contributed by atoms with van der Waals surface area (Å²) in [4.78, 5) is 2.62. The molecule has 0 aromatic heterocycles. The van der Waals surface area contributed by atoms with Gasteiger partial charge < -0.3 is 15.0 Å². The van der Waals surface area contributed by atoms with Gasteiger partial charge >= 0.3 is 0 Å². The van der Waals surface area contributed by atoms with Crippen LogP contribution in [0.4, 0.5) is 0 Å². The third kappa shape index (κ3) is 4.21. The van der Waals surface area contributed by atoms with E-state index in [9.17, 15) is 0 Å². The predicted octanol–water partition coefficient (Wildman–Crippen LogP) is 1.52. The van der Waals surface area contributed by atoms with E-state index in [0.29, 0.717) is 0 Å². The first-order valence-corrected chi connectivity index (χ1v) is 6.36. The number of hydrogen-bond acceptors (Lipinski definition) is 3. The summed E-state index contributed by atoms with van der Waals surface area (Å²) in [5, 5.41) is 3.38. The van der Waals surface area contributed by atoms with Crippen molar-refractivity contribution < 1.29 is 4.74 Å². The first-order chi connectivity index (χ1) is 7.38. The molecule has 0 saturated carbocycles. The van der Waals surface area contributed by atoms with E-state index < -0.39 is 0 Å². The minimum absolute atomic E-state index is 0. The normalized spacial score (nSPS) is 28.7. The molecule has 2 fully saturated rings. The molecule has 1 N–H and O–H groups in total. The lowest BCUT2D eigenvalue weighted by atomic mass is 9.99. The number of hydrogen-bond donors (Lipinski definition) is 1. The highest BCUT2D eigenvalue weighted by atomic mass is 35.5. The Bertz CT molecular complexity index is 178. The predicted molar refractivity (Wildman–Crippen MR) is 69.3 cm³/mol. The molecule has 2 aliphatic heterocycles. The van der Waals surface area contributed by atoms with Gasteiger partial charge in [-0.15, -0.1) is 12.4 Å². The van der Waals surface area contributed by atoms with Crippen LogP contribution in [-0.2, 0) is 4.74 Å². The Labute approximate surface area is 105 Å². The van der Waals surface area contributed by atoms with Gasteiger partial charge in [0.2, 0.25) is 0 Å². The van der Waals surface area contributed by atoms with E-state index in [2.05, 4.69) is 17.3 Å². The highest BCUT2D eigenvalue weighted by Gasteiger charge is 2.21. The molecule has 0 aromatic rings. The van der Waals surface area contributed by atoms with Gasteiger partial charge in [0.15, 0.2) is 0 Å². The van der Waals surface area contributed by atoms with E-state index >= 15 is 0 Å². The summed E-state index contributed by atoms with van der Waals surface area (Å²) in [6.45, 7) is 5.77. The zero-order chi connectivity index (χ0) is 10.5. The topological polar surface area (TPSA) is 24.5 Å². The Balaban J connectivity index is 0.00000128. The average Bonchev–Trinajstić information content (AvgIpc) is 2.31. The molecule has 2 heterocycles. The van der Waals surface area contributed by atoms with Crippen molar-refractivity contribution in [1.82, 2.24) is 10.2 Å². The van der Waals surface area contributed by atoms with Crippen molar-refractivity contribution in [3.63, 3.8) is 0 Å². The molecular formula is C12H25ClN2O. The van der Waals surface area contributed by atoms with Crippen LogP contribution in [0, 0.1) is 5.92 Å². The van der Waals surface area contributed by atoms with Crippen LogP contribution in [0.2, 0.25) is 0 Å². The average molecular weight is 249 g/mol. The fraction of sp³-hybridized carbons (Fsp3) is 1.00. The molecule has 0 radical (unpaired) electrons. The quantitative estimate of drug-likeness (QED) is 0.820. The summed E-state index contributed by atoms with van der Waals surface area (Å²) in [7, 11) is 2.08. The van der Waals surface area contributed by atoms with Gasteiger partial charge in [-0.3, -0.25) is 0 Å². The van der Waals surface area contributed by atoms with Gasteiger partial charge in [0.05, 0.1) is 6.61 Å². The minimum Gasteiger partial charge on any atom is -0.381 e. The van der Waals surface area contributed by atoms with Crippen molar-refractivity contribution in [3.8, 4) is 0 Å². The van der Waals surface area contributed by atoms with E-state index in [0.717, 1.165) is 25.2 Å². The van der Waals surface area contributed by atoms with E-state index in [1.54, 1.807) is 0 Å². The van der Waals surface area contributed by atoms with Gasteiger partial charge in [0.1, 0.15) is 0 Å². The summed E-state index contributed by atoms with van der Waals surface area (Å²) in [6.07, 6.45) is 5.25. The highest BCUT2D eigenvalue weighted by molar-refractivity contribution is 5.85. The number of ether oxygens (including phenoxy) is 1. The molecule has 96 valence electrons. The van der Waals surface area contributed by atoms with Crippen LogP contribution in [0.15, 0.2) is 0 Å². The van der Waals surface area contributed by atoms with Crippen molar-refractivity contribution in [1.29, 1.82) is 0 Å². The number of nitrogens with one attached hydrogen (secondary N) is 1. The van der Waals surface area contributed by atoms with Crippen LogP contribution >= 0.6 is 12.4 Å². The van der Waals surface area contributed by atoms with Crippen molar-refractivity contribution in [3.05, 3.63) is 0 Å². The van der Waals surface area contributed by atoms with Crippen LogP contribution in [-0.4, -0.2) is 50.8 Å². The first kappa shape index (κ1) is 14.2. The molecule has 16 heavy (non-hydrogen) atoms. The highest BCUT2D eigenvalue weighted by Crippen LogP contribution is 2.17. The molecule has 2 aliphatic rings. The lowest BCUT2D eigenvalue weighted by Crippen LogP contribution is -2.43. The summed E-state index contributed by atoms with van der Waals surface area (Å²) < 4.78 is 5.53. The van der Waals surface area contributed by atoms with Crippen LogP contribution in [0.3, 0.4) is 0 Å². The second kappa shape index (κ2) is 7.49. The Kier molecular flexibility index (Phi) is 6.66. The fourth-order valence-electron chi connectivity index (χ4n) is 2.72. The maximum atomic E-state index is 5.53. The van der Waals surface area contributed by atoms with E-state index in [1.807, 2.05) is 0 Å². The molecule has 0 spiro atoms. The fourth-order valence-corrected chi connectivity index (χ4v) is 2.72. The molecule has 0 aromatic carbocycles. The lowest BCUT2D eigenvalue weighted by molar-refractivity contribution is 0.0342. The number of nitrogens with zero attached hydrogens (tertiary/aromatic N) is 1. The second-order valence-corrected chi connectivity index (χ2v) is 4.95. The van der Waals surface area contributed by atoms with E-state index in [-0.39, 0.29) is 12.4 Å². The van der Waals surface area contributed by atoms with Gasteiger partial charge in [-0.05, 0) is 51.7 Å². The largest absolute Gasteiger partial charge is 0.381 e. The van der Waals surface area contributed by atoms with Crippen molar-refractivity contribution in [2.24, 2.45) is 5.92 Å². The molecule has 4 heteroatoms. The van der Waals surface area contributed by atoms with Gasteiger partial charge in [-0.1, -0.05) is 0 Å². The van der Waals surface area contributed by atoms with Gasteiger partial charge in [-0.25, -0.2) is 0 Å². The lowest BCUT2D eigenvalue weighted by Gasteiger charge is -2.35. The molecule has 0 aliphatic carbocycles. The van der Waals surface area contributed by atoms with Crippen LogP contribution in [0.5, 0.6) is 0 Å². The Morgan fingerprint density at radius 2 is 2.00 bits per heavy atom. The van der Waals surface area contributed by atoms with Crippen LogP contribution in [0.25, 0.3) is 0 Å². The molecule has 1 unspecified atom stereocenters. The molecule has 2 rings (SSSR count). The Hall–Kier alpha value is 0.170. The van der Waals surface area contributed by atoms with Gasteiger partial charge in [-0.2, -0.15) is 0 Å². The third-order valence-electron chi connectivity index (χ3n) is 3.77. The molecule has 3 nitrogen and oxygen atoms in total. The number of piperidine rings is 1. The smallest absolute Gasteiger partial charge is 0.0506 e. The van der Waals surface area contributed by atoms with E-state index in [1.165, 1.54) is 45.3 Å². The number of halogens is 1. The third-order valence-corrected chi connectivity index (χ3v) is 3.77. The maximum absolute atomic E-state index is 5.53. The van der Waals surface area contributed by atoms with Crippen molar-refractivity contribution in [2.45, 2.75) is 31.7 Å². The summed E-state index contributed by atoms with van der Waals surface area (Å²) >= 11 is 0. The van der Waals surface area contributed by atoms with E-state index in [4.69, 9.17) is 4.74 Å². The summed E-state index contributed by atoms with van der Waals surface area (Å²) in [5.41, 5.74) is 0. The molecule has 2 saturated heterocycles. The van der Waals surface area contributed by atoms with Crippen LogP contribution in [0.1, 0.15) is 25.7 Å². The summed E-state index contributed by atoms with van der Waals surface area (Å²) in [5.74, 6) is 0.796. The van der Waals surface area contributed by atoms with Gasteiger partial charge in [0, 0.05) is 19.2 Å². The first-order valence-electron chi connectivity index (χ1n) is 6.36. The number of rotatable bonds is 3. The molecular weight excluding hydrogens is 224 g/mol. The molecule has 1 atom stereocenters. The van der Waals surface area contributed by atoms with Crippen molar-refractivity contribution in [2.75, 3.05) is 39.9 Å². The molecule has 0 bridgehead atoms. The maximum Gasteiger partial charge on any atom is 0.0506 e. The standard InChI is InChI=1S/C12H24N2O.ClH/c1-13-12-4-6-14(7-5-12)9-11-3-2-8-15-10-11;/h11-13H,2-10H2,1H3;1H. The van der Waals surface area contributed by atoms with Crippen molar-refractivity contribution >= 4 is 12.4 Å². The monoisotopic (exact) mass is 248 g/mol. The second-order valence-electron chi connectivity index (χ2n) is 4.95. The summed E-state index contributed by atoms with van der Waals surface area (Å²) in [6, 6.07) is 0.754. The Morgan fingerprint density at radius 1 is 1.25 bits per heavy atom. The minimum atomic E-state index is 0. The molecule has 0 amide bonds. The van der Waals surface area contributed by atoms with Crippen LogP contribution < -0.4 is 5.32 Å². The zero-order valence-corrected chi connectivity index (χ0v) is 11.1. The zero-order valence-electron chi connectivity index (χ0n) is 10.3. The van der Waals surface area contributed by atoms with Gasteiger partial charge in [0.25, 0.3) is 0 Å². The SMILES string of the molecule is CNC1CCN(CC2CCCOC2)CC1.Cl.